The second kappa shape index (κ2) is 11.3. The second-order valence-electron chi connectivity index (χ2n) is 8.63. The highest BCUT2D eigenvalue weighted by Crippen LogP contribution is 2.32. The van der Waals surface area contributed by atoms with Crippen molar-refractivity contribution in [1.29, 1.82) is 0 Å². The normalized spacial score (nSPS) is 11.0. The van der Waals surface area contributed by atoms with Crippen LogP contribution in [0.15, 0.2) is 48.7 Å². The third-order valence-corrected chi connectivity index (χ3v) is 5.71. The predicted octanol–water partition coefficient (Wildman–Crippen LogP) is 5.04. The lowest BCUT2D eigenvalue weighted by Gasteiger charge is -2.27. The Balaban J connectivity index is 2.00. The molecule has 9 heteroatoms. The number of nitrogens with one attached hydrogen (secondary N) is 1. The molecule has 186 valence electrons. The molecule has 0 atom stereocenters. The van der Waals surface area contributed by atoms with Crippen LogP contribution in [0.3, 0.4) is 0 Å². The molecule has 0 fully saturated rings. The Hall–Kier alpha value is -3.52. The molecule has 2 aromatic carbocycles. The lowest BCUT2D eigenvalue weighted by atomic mass is 10.1. The molecule has 0 radical (unpaired) electrons. The van der Waals surface area contributed by atoms with Crippen LogP contribution < -0.4 is 14.8 Å². The van der Waals surface area contributed by atoms with Crippen molar-refractivity contribution in [3.05, 3.63) is 53.7 Å². The van der Waals surface area contributed by atoms with E-state index < -0.39 is 0 Å². The largest absolute Gasteiger partial charge is 0.493 e. The Kier molecular flexibility index (Phi) is 8.40. The number of hydrogen-bond donors (Lipinski definition) is 1. The third-order valence-electron chi connectivity index (χ3n) is 5.46. The first-order chi connectivity index (χ1) is 16.6. The Morgan fingerprint density at radius 3 is 2.26 bits per heavy atom. The minimum atomic E-state index is -0.345. The Morgan fingerprint density at radius 1 is 1.03 bits per heavy atom. The van der Waals surface area contributed by atoms with Crippen LogP contribution in [-0.4, -0.2) is 53.1 Å². The highest BCUT2D eigenvalue weighted by molar-refractivity contribution is 6.30. The van der Waals surface area contributed by atoms with Crippen molar-refractivity contribution in [1.82, 2.24) is 14.5 Å². The SMILES string of the molecule is COc1ccc(-n2cc(-c3ccc(Cl)cc3)nc2NC(=O)CN(C(=O)C(C)C)C(C)C)cc1OC. The van der Waals surface area contributed by atoms with Crippen molar-refractivity contribution in [3.8, 4) is 28.4 Å². The molecule has 3 rings (SSSR count). The molecule has 35 heavy (non-hydrogen) atoms. The molecule has 1 aromatic heterocycles. The van der Waals surface area contributed by atoms with Gasteiger partial charge in [0.05, 0.1) is 25.6 Å². The van der Waals surface area contributed by atoms with Gasteiger partial charge in [-0.1, -0.05) is 37.6 Å². The minimum Gasteiger partial charge on any atom is -0.493 e. The molecule has 2 amide bonds. The Labute approximate surface area is 210 Å². The molecule has 3 aromatic rings. The summed E-state index contributed by atoms with van der Waals surface area (Å²) in [6, 6.07) is 12.6. The zero-order valence-electron chi connectivity index (χ0n) is 20.8. The summed E-state index contributed by atoms with van der Waals surface area (Å²) in [6.07, 6.45) is 1.82. The van der Waals surface area contributed by atoms with Crippen molar-refractivity contribution in [3.63, 3.8) is 0 Å². The van der Waals surface area contributed by atoms with Crippen LogP contribution in [0.2, 0.25) is 5.02 Å². The number of rotatable bonds is 9. The standard InChI is InChI=1S/C26H31ClN4O4/c1-16(2)25(33)30(17(3)4)15-24(32)29-26-28-21(18-7-9-19(27)10-8-18)14-31(26)20-11-12-22(34-5)23(13-20)35-6/h7-14,16-17H,15H2,1-6H3,(H,28,29,32). The van der Waals surface area contributed by atoms with Crippen molar-refractivity contribution in [2.24, 2.45) is 5.92 Å². The van der Waals surface area contributed by atoms with Crippen LogP contribution in [0.5, 0.6) is 11.5 Å². The number of benzene rings is 2. The molecular weight excluding hydrogens is 468 g/mol. The van der Waals surface area contributed by atoms with Crippen molar-refractivity contribution in [2.75, 3.05) is 26.1 Å². The molecular formula is C26H31ClN4O4. The fourth-order valence-corrected chi connectivity index (χ4v) is 3.69. The first-order valence-corrected chi connectivity index (χ1v) is 11.7. The number of halogens is 1. The van der Waals surface area contributed by atoms with E-state index in [0.717, 1.165) is 5.56 Å². The van der Waals surface area contributed by atoms with Crippen LogP contribution in [0.4, 0.5) is 5.95 Å². The first-order valence-electron chi connectivity index (χ1n) is 11.3. The summed E-state index contributed by atoms with van der Waals surface area (Å²) < 4.78 is 12.6. The summed E-state index contributed by atoms with van der Waals surface area (Å²) >= 11 is 6.04. The highest BCUT2D eigenvalue weighted by atomic mass is 35.5. The number of methoxy groups -OCH3 is 2. The summed E-state index contributed by atoms with van der Waals surface area (Å²) in [5.74, 6) is 0.795. The van der Waals surface area contributed by atoms with Crippen LogP contribution in [0, 0.1) is 5.92 Å². The minimum absolute atomic E-state index is 0.0796. The van der Waals surface area contributed by atoms with E-state index in [0.29, 0.717) is 33.9 Å². The van der Waals surface area contributed by atoms with Gasteiger partial charge in [0, 0.05) is 34.8 Å². The topological polar surface area (TPSA) is 85.7 Å². The summed E-state index contributed by atoms with van der Waals surface area (Å²) in [6.45, 7) is 7.33. The molecule has 0 aliphatic rings. The number of carbonyl (C=O) groups is 2. The van der Waals surface area contributed by atoms with Gasteiger partial charge >= 0.3 is 0 Å². The number of imidazole rings is 1. The molecule has 1 heterocycles. The zero-order valence-corrected chi connectivity index (χ0v) is 21.6. The summed E-state index contributed by atoms with van der Waals surface area (Å²) in [4.78, 5) is 31.9. The molecule has 0 saturated carbocycles. The first kappa shape index (κ1) is 26.1. The average molecular weight is 499 g/mol. The fourth-order valence-electron chi connectivity index (χ4n) is 3.57. The van der Waals surface area contributed by atoms with Gasteiger partial charge in [0.2, 0.25) is 17.8 Å². The van der Waals surface area contributed by atoms with Crippen LogP contribution in [0.25, 0.3) is 16.9 Å². The van der Waals surface area contributed by atoms with Gasteiger partial charge in [-0.25, -0.2) is 4.98 Å². The number of carbonyl (C=O) groups excluding carboxylic acids is 2. The van der Waals surface area contributed by atoms with E-state index in [9.17, 15) is 9.59 Å². The van der Waals surface area contributed by atoms with E-state index in [1.54, 1.807) is 48.0 Å². The van der Waals surface area contributed by atoms with Gasteiger partial charge in [-0.3, -0.25) is 19.5 Å². The summed E-state index contributed by atoms with van der Waals surface area (Å²) in [5, 5.41) is 3.49. The maximum atomic E-state index is 13.0. The smallest absolute Gasteiger partial charge is 0.246 e. The quantitative estimate of drug-likeness (QED) is 0.446. The average Bonchev–Trinajstić information content (AvgIpc) is 3.25. The number of anilines is 1. The van der Waals surface area contributed by atoms with Crippen LogP contribution >= 0.6 is 11.6 Å². The molecule has 0 aliphatic carbocycles. The third kappa shape index (κ3) is 6.14. The molecule has 0 bridgehead atoms. The van der Waals surface area contributed by atoms with Crippen molar-refractivity contribution >= 4 is 29.4 Å². The number of aromatic nitrogens is 2. The maximum Gasteiger partial charge on any atom is 0.246 e. The van der Waals surface area contributed by atoms with Crippen LogP contribution in [0.1, 0.15) is 27.7 Å². The maximum absolute atomic E-state index is 13.0. The van der Waals surface area contributed by atoms with Gasteiger partial charge < -0.3 is 14.4 Å². The van der Waals surface area contributed by atoms with Crippen molar-refractivity contribution < 1.29 is 19.1 Å². The van der Waals surface area contributed by atoms with E-state index >= 15 is 0 Å². The van der Waals surface area contributed by atoms with E-state index in [1.165, 1.54) is 0 Å². The van der Waals surface area contributed by atoms with E-state index in [2.05, 4.69) is 10.3 Å². The summed E-state index contributed by atoms with van der Waals surface area (Å²) in [7, 11) is 3.13. The van der Waals surface area contributed by atoms with Crippen molar-refractivity contribution in [2.45, 2.75) is 33.7 Å². The summed E-state index contributed by atoms with van der Waals surface area (Å²) in [5.41, 5.74) is 2.19. The van der Waals surface area contributed by atoms with E-state index in [4.69, 9.17) is 21.1 Å². The monoisotopic (exact) mass is 498 g/mol. The van der Waals surface area contributed by atoms with Gasteiger partial charge in [-0.05, 0) is 38.1 Å². The molecule has 0 spiro atoms. The number of nitrogens with zero attached hydrogens (tertiary/aromatic N) is 3. The number of amides is 2. The lowest BCUT2D eigenvalue weighted by molar-refractivity contribution is -0.139. The molecule has 0 unspecified atom stereocenters. The predicted molar refractivity (Wildman–Crippen MR) is 137 cm³/mol. The van der Waals surface area contributed by atoms with E-state index in [-0.39, 0.29) is 30.3 Å². The lowest BCUT2D eigenvalue weighted by Crippen LogP contribution is -2.44. The van der Waals surface area contributed by atoms with Gasteiger partial charge in [0.1, 0.15) is 6.54 Å². The zero-order chi connectivity index (χ0) is 25.7. The second-order valence-corrected chi connectivity index (χ2v) is 9.07. The molecule has 0 saturated heterocycles. The Morgan fingerprint density at radius 2 is 1.69 bits per heavy atom. The molecule has 8 nitrogen and oxygen atoms in total. The van der Waals surface area contributed by atoms with Gasteiger partial charge in [-0.2, -0.15) is 0 Å². The van der Waals surface area contributed by atoms with Gasteiger partial charge in [0.15, 0.2) is 11.5 Å². The number of hydrogen-bond acceptors (Lipinski definition) is 5. The fraction of sp³-hybridized carbons (Fsp3) is 0.346. The van der Waals surface area contributed by atoms with E-state index in [1.807, 2.05) is 52.1 Å². The van der Waals surface area contributed by atoms with Gasteiger partial charge in [0.25, 0.3) is 0 Å². The number of ether oxygens (including phenoxy) is 2. The molecule has 1 N–H and O–H groups in total. The van der Waals surface area contributed by atoms with Gasteiger partial charge in [-0.15, -0.1) is 0 Å². The van der Waals surface area contributed by atoms with Crippen LogP contribution in [-0.2, 0) is 9.59 Å². The highest BCUT2D eigenvalue weighted by Gasteiger charge is 2.24. The molecule has 0 aliphatic heterocycles. The Bertz CT molecular complexity index is 1190.